The second-order valence-corrected chi connectivity index (χ2v) is 21.5. The highest BCUT2D eigenvalue weighted by atomic mass is 35.5. The lowest BCUT2D eigenvalue weighted by molar-refractivity contribution is -0.132. The molecule has 0 unspecified atom stereocenters. The van der Waals surface area contributed by atoms with Crippen LogP contribution in [0.25, 0.3) is 33.4 Å². The van der Waals surface area contributed by atoms with Gasteiger partial charge in [0.2, 0.25) is 52.6 Å². The number of hydrogen-bond acceptors (Lipinski definition) is 18. The topological polar surface area (TPSA) is 385 Å². The number of nitrogens with two attached hydrogens (primary N) is 2. The van der Waals surface area contributed by atoms with Gasteiger partial charge in [0.15, 0.2) is 5.43 Å². The number of piperidine rings is 1. The second kappa shape index (κ2) is 27.3. The Balaban J connectivity index is 0.916. The molecule has 4 atom stereocenters. The van der Waals surface area contributed by atoms with E-state index in [4.69, 9.17) is 27.5 Å². The molecular formula is C56H62ClN13O12S. The Bertz CT molecular complexity index is 3500. The summed E-state index contributed by atoms with van der Waals surface area (Å²) in [5.74, 6) is -6.09. The van der Waals surface area contributed by atoms with Crippen LogP contribution in [0.1, 0.15) is 78.7 Å². The summed E-state index contributed by atoms with van der Waals surface area (Å²) in [5.41, 5.74) is 13.4. The molecule has 4 aliphatic rings. The maximum Gasteiger partial charge on any atom is 0.336 e. The molecule has 3 aromatic carbocycles. The molecule has 0 saturated carbocycles. The highest BCUT2D eigenvalue weighted by Crippen LogP contribution is 2.42. The zero-order valence-corrected chi connectivity index (χ0v) is 46.8. The number of halogens is 1. The predicted molar refractivity (Wildman–Crippen MR) is 310 cm³/mol. The number of carboxylic acids is 1. The van der Waals surface area contributed by atoms with Crippen LogP contribution >= 0.6 is 23.4 Å². The number of hydrogen-bond donors (Lipinski definition) is 11. The molecule has 4 aromatic rings. The molecule has 25 nitrogen and oxygen atoms in total. The number of fused-ring (bicyclic) bond motifs is 4. The molecule has 13 N–H and O–H groups in total. The molecule has 1 aliphatic carbocycles. The molecule has 1 aromatic heterocycles. The van der Waals surface area contributed by atoms with Crippen molar-refractivity contribution in [2.24, 2.45) is 23.3 Å². The van der Waals surface area contributed by atoms with E-state index in [0.29, 0.717) is 85.1 Å². The molecule has 1 saturated heterocycles. The highest BCUT2D eigenvalue weighted by Gasteiger charge is 2.32. The lowest BCUT2D eigenvalue weighted by Gasteiger charge is -2.31. The fraction of sp³-hybridized carbons (Fsp3) is 0.357. The third kappa shape index (κ3) is 15.4. The van der Waals surface area contributed by atoms with Crippen LogP contribution in [0.3, 0.4) is 0 Å². The first-order valence-corrected chi connectivity index (χ1v) is 28.3. The van der Waals surface area contributed by atoms with Crippen molar-refractivity contribution < 1.29 is 53.0 Å². The van der Waals surface area contributed by atoms with Gasteiger partial charge >= 0.3 is 5.97 Å². The van der Waals surface area contributed by atoms with Gasteiger partial charge in [-0.25, -0.2) is 4.79 Å². The number of anilines is 4. The number of carboxylic acid groups (broad SMARTS) is 1. The first-order chi connectivity index (χ1) is 39.8. The number of benzene rings is 4. The summed E-state index contributed by atoms with van der Waals surface area (Å²) in [6, 6.07) is 14.5. The average Bonchev–Trinajstić information content (AvgIpc) is 2.28. The zero-order chi connectivity index (χ0) is 59.5. The van der Waals surface area contributed by atoms with E-state index in [0.717, 1.165) is 0 Å². The van der Waals surface area contributed by atoms with E-state index in [9.17, 15) is 53.4 Å². The first-order valence-electron chi connectivity index (χ1n) is 26.7. The summed E-state index contributed by atoms with van der Waals surface area (Å²) in [7, 11) is 0. The minimum absolute atomic E-state index is 0.00508. The number of nitrogens with one attached hydrogen (secondary N) is 7. The van der Waals surface area contributed by atoms with Crippen molar-refractivity contribution in [1.29, 1.82) is 0 Å². The molecule has 1 fully saturated rings. The van der Waals surface area contributed by atoms with Crippen molar-refractivity contribution >= 4 is 105 Å². The lowest BCUT2D eigenvalue weighted by atomic mass is 9.90. The van der Waals surface area contributed by atoms with Crippen LogP contribution in [0.15, 0.2) is 82.0 Å². The number of thioether (sulfide) groups is 1. The van der Waals surface area contributed by atoms with Crippen molar-refractivity contribution in [2.45, 2.75) is 76.3 Å². The summed E-state index contributed by atoms with van der Waals surface area (Å²) in [5, 5.41) is 40.1. The molecule has 7 amide bonds. The molecule has 83 heavy (non-hydrogen) atoms. The first kappa shape index (κ1) is 60.2. The standard InChI is InChI=1S/C56H62ClN13O12S/c1-3-28(2)47-52(79)65-40(6-4-5-15-58)51(78)61-25-45(74)64-41(48(59)75)27-83-26-29-18-31(50(77)66-47)20-33(19-29)62-44(73)24-60-49(76)30-13-16-70(17-14-30)56-68-54(57)67-55(69-56)63-32-7-10-36(39(21-32)53(80)81)46-37-11-8-34(71)22-42(37)82-43-23-35(72)9-12-38(43)46/h7-12,18-23,28,30,40-41,47,71H,3-6,13-17,24-27,58H2,1-2H3,(H2,59,75)(H,60,76)(H,61,78)(H,62,73)(H,64,74)(H,65,79)(H,66,77)(H,80,81)(H,63,67,68,69)/t28-,40-,41-,47-/m0/s1. The number of nitrogens with zero attached hydrogens (tertiary/aromatic N) is 4. The van der Waals surface area contributed by atoms with Crippen LogP contribution in [0.4, 0.5) is 23.3 Å². The Morgan fingerprint density at radius 1 is 0.892 bits per heavy atom. The number of amides is 7. The molecule has 27 heteroatoms. The number of phenols is 1. The van der Waals surface area contributed by atoms with Gasteiger partial charge in [-0.15, -0.1) is 0 Å². The van der Waals surface area contributed by atoms with Crippen molar-refractivity contribution in [3.05, 3.63) is 105 Å². The van der Waals surface area contributed by atoms with Gasteiger partial charge in [-0.2, -0.15) is 26.7 Å². The highest BCUT2D eigenvalue weighted by molar-refractivity contribution is 7.98. The Labute approximate surface area is 484 Å². The minimum Gasteiger partial charge on any atom is -0.508 e. The molecular weight excluding hydrogens is 1110 g/mol. The molecule has 0 spiro atoms. The number of primary amides is 1. The van der Waals surface area contributed by atoms with Gasteiger partial charge in [-0.05, 0) is 122 Å². The number of carbonyl (C=O) groups is 8. The van der Waals surface area contributed by atoms with Gasteiger partial charge in [0.25, 0.3) is 5.91 Å². The van der Waals surface area contributed by atoms with E-state index < -0.39 is 84.5 Å². The Morgan fingerprint density at radius 3 is 2.40 bits per heavy atom. The van der Waals surface area contributed by atoms with E-state index in [-0.39, 0.29) is 80.3 Å². The summed E-state index contributed by atoms with van der Waals surface area (Å²) in [4.78, 5) is 134. The zero-order valence-electron chi connectivity index (χ0n) is 45.2. The van der Waals surface area contributed by atoms with E-state index in [1.807, 2.05) is 6.92 Å². The lowest BCUT2D eigenvalue weighted by Crippen LogP contribution is -2.56. The van der Waals surface area contributed by atoms with Crippen molar-refractivity contribution in [3.8, 4) is 28.2 Å². The van der Waals surface area contributed by atoms with Crippen LogP contribution < -0.4 is 59.0 Å². The van der Waals surface area contributed by atoms with Crippen LogP contribution in [-0.2, 0) is 34.5 Å². The quantitative estimate of drug-likeness (QED) is 0.0487. The van der Waals surface area contributed by atoms with E-state index >= 15 is 0 Å². The summed E-state index contributed by atoms with van der Waals surface area (Å²) in [6.45, 7) is 3.65. The van der Waals surface area contributed by atoms with Crippen LogP contribution in [0, 0.1) is 11.8 Å². The predicted octanol–water partition coefficient (Wildman–Crippen LogP) is 3.61. The monoisotopic (exact) mass is 1180 g/mol. The van der Waals surface area contributed by atoms with Gasteiger partial charge in [0, 0.05) is 76.1 Å². The van der Waals surface area contributed by atoms with Crippen LogP contribution in [0.2, 0.25) is 5.28 Å². The molecule has 3 aliphatic heterocycles. The summed E-state index contributed by atoms with van der Waals surface area (Å²) < 4.78 is 5.94. The largest absolute Gasteiger partial charge is 0.508 e. The van der Waals surface area contributed by atoms with E-state index in [1.54, 1.807) is 48.2 Å². The number of aromatic carboxylic acids is 1. The molecule has 436 valence electrons. The maximum atomic E-state index is 14.1. The maximum absolute atomic E-state index is 14.1. The van der Waals surface area contributed by atoms with Gasteiger partial charge in [-0.3, -0.25) is 38.4 Å². The Morgan fingerprint density at radius 2 is 1.66 bits per heavy atom. The number of aromatic hydroxyl groups is 1. The average molecular weight is 1180 g/mol. The molecule has 2 bridgehead atoms. The summed E-state index contributed by atoms with van der Waals surface area (Å²) in [6.07, 6.45) is 2.38. The van der Waals surface area contributed by atoms with E-state index in [2.05, 4.69) is 52.2 Å². The second-order valence-electron chi connectivity index (χ2n) is 20.1. The molecule has 0 radical (unpaired) electrons. The molecule has 8 rings (SSSR count). The summed E-state index contributed by atoms with van der Waals surface area (Å²) >= 11 is 7.60. The fourth-order valence-electron chi connectivity index (χ4n) is 9.64. The van der Waals surface area contributed by atoms with Crippen LogP contribution in [0.5, 0.6) is 5.75 Å². The van der Waals surface area contributed by atoms with Gasteiger partial charge in [-0.1, -0.05) is 26.3 Å². The smallest absolute Gasteiger partial charge is 0.336 e. The SMILES string of the molecule is CC[C@H](C)[C@@H]1NC(=O)c2cc(cc(NC(=O)CNC(=O)C3CCN(c4nc(Cl)nc(Nc5ccc(-c6c7ccc(=O)cc-7oc7cc(O)ccc67)c(C(=O)O)c5)n4)CC3)c2)CSC[C@@H](C(N)=O)NC(=O)CNC(=O)[C@H](CCCCN)NC1=O. The number of phenolic OH excluding ortho intramolecular Hbond substituents is 1. The van der Waals surface area contributed by atoms with E-state index in [1.165, 1.54) is 48.2 Å². The van der Waals surface area contributed by atoms with Gasteiger partial charge in [0.05, 0.1) is 18.7 Å². The molecule has 4 heterocycles. The normalized spacial score (nSPS) is 17.9. The Hall–Kier alpha value is -8.88. The minimum atomic E-state index is -1.26. The van der Waals surface area contributed by atoms with Crippen molar-refractivity contribution in [3.63, 3.8) is 0 Å². The van der Waals surface area contributed by atoms with Gasteiger partial charge in [0.1, 0.15) is 35.2 Å². The van der Waals surface area contributed by atoms with Crippen molar-refractivity contribution in [1.82, 2.24) is 41.5 Å². The number of aromatic nitrogens is 3. The Kier molecular flexibility index (Phi) is 19.8. The number of carbonyl (C=O) groups excluding carboxylic acids is 7. The third-order valence-corrected chi connectivity index (χ3v) is 15.5. The van der Waals surface area contributed by atoms with Gasteiger partial charge < -0.3 is 68.2 Å². The fourth-order valence-corrected chi connectivity index (χ4v) is 10.8. The number of rotatable bonds is 16. The van der Waals surface area contributed by atoms with Crippen molar-refractivity contribution in [2.75, 3.05) is 54.0 Å². The van der Waals surface area contributed by atoms with Crippen LogP contribution in [-0.4, -0.2) is 129 Å². The number of unbranched alkanes of at least 4 members (excludes halogenated alkanes) is 1. The third-order valence-electron chi connectivity index (χ3n) is 14.2.